The predicted octanol–water partition coefficient (Wildman–Crippen LogP) is 3.02. The summed E-state index contributed by atoms with van der Waals surface area (Å²) in [5.41, 5.74) is 1.65. The van der Waals surface area contributed by atoms with Crippen LogP contribution >= 0.6 is 11.8 Å². The van der Waals surface area contributed by atoms with Gasteiger partial charge in [0.15, 0.2) is 5.82 Å². The monoisotopic (exact) mass is 493 g/mol. The molecular formula is C22H22F3N5O3S. The minimum absolute atomic E-state index is 0.0213. The van der Waals surface area contributed by atoms with Gasteiger partial charge in [-0.2, -0.15) is 24.9 Å². The first kappa shape index (κ1) is 25.4. The number of hydrogen-bond acceptors (Lipinski definition) is 7. The van der Waals surface area contributed by atoms with E-state index in [-0.39, 0.29) is 24.5 Å². The van der Waals surface area contributed by atoms with Gasteiger partial charge in [-0.05, 0) is 36.3 Å². The number of alkyl halides is 3. The zero-order chi connectivity index (χ0) is 24.6. The number of para-hydroxylation sites is 1. The van der Waals surface area contributed by atoms with E-state index in [1.54, 1.807) is 6.20 Å². The van der Waals surface area contributed by atoms with Crippen LogP contribution in [0.2, 0.25) is 0 Å². The number of thioether (sulfide) groups is 1. The van der Waals surface area contributed by atoms with Gasteiger partial charge in [0.1, 0.15) is 0 Å². The number of nitrogens with zero attached hydrogens (tertiary/aromatic N) is 2. The normalized spacial score (nSPS) is 12.4. The quantitative estimate of drug-likeness (QED) is 0.352. The van der Waals surface area contributed by atoms with Crippen LogP contribution in [0, 0.1) is 0 Å². The Bertz CT molecular complexity index is 1140. The van der Waals surface area contributed by atoms with Gasteiger partial charge < -0.3 is 10.3 Å². The summed E-state index contributed by atoms with van der Waals surface area (Å²) in [4.78, 5) is 46.7. The number of H-pyrrole nitrogens is 1. The van der Waals surface area contributed by atoms with Gasteiger partial charge >= 0.3 is 6.18 Å². The molecule has 2 amide bonds. The predicted molar refractivity (Wildman–Crippen MR) is 121 cm³/mol. The van der Waals surface area contributed by atoms with Crippen LogP contribution in [0.5, 0.6) is 0 Å². The molecule has 8 nitrogen and oxygen atoms in total. The van der Waals surface area contributed by atoms with Crippen molar-refractivity contribution in [2.75, 3.05) is 11.5 Å². The molecular weight excluding hydrogens is 471 g/mol. The van der Waals surface area contributed by atoms with Crippen molar-refractivity contribution >= 4 is 40.3 Å². The van der Waals surface area contributed by atoms with E-state index >= 15 is 0 Å². The summed E-state index contributed by atoms with van der Waals surface area (Å²) in [5, 5.41) is 6.28. The first-order chi connectivity index (χ1) is 16.2. The van der Waals surface area contributed by atoms with Gasteiger partial charge in [0.2, 0.25) is 11.7 Å². The molecule has 180 valence electrons. The molecule has 12 heteroatoms. The molecule has 0 unspecified atom stereocenters. The fourth-order valence-electron chi connectivity index (χ4n) is 3.06. The summed E-state index contributed by atoms with van der Waals surface area (Å²) >= 11 is 0.849. The Labute approximate surface area is 197 Å². The van der Waals surface area contributed by atoms with Gasteiger partial charge in [0.25, 0.3) is 5.91 Å². The maximum atomic E-state index is 12.7. The number of pyridine rings is 1. The van der Waals surface area contributed by atoms with E-state index in [0.29, 0.717) is 6.42 Å². The van der Waals surface area contributed by atoms with E-state index in [1.165, 1.54) is 12.4 Å². The van der Waals surface area contributed by atoms with E-state index in [4.69, 9.17) is 0 Å². The van der Waals surface area contributed by atoms with Gasteiger partial charge in [-0.3, -0.25) is 24.7 Å². The van der Waals surface area contributed by atoms with Crippen LogP contribution in [0.3, 0.4) is 0 Å². The van der Waals surface area contributed by atoms with Crippen LogP contribution in [0.15, 0.2) is 48.9 Å². The number of rotatable bonds is 11. The molecule has 0 radical (unpaired) electrons. The first-order valence-corrected chi connectivity index (χ1v) is 11.5. The number of benzene rings is 1. The molecule has 0 aliphatic carbocycles. The summed E-state index contributed by atoms with van der Waals surface area (Å²) in [6, 6.07) is 8.69. The Kier molecular flexibility index (Phi) is 8.77. The molecule has 2 aromatic heterocycles. The Balaban J connectivity index is 1.58. The smallest absolute Gasteiger partial charge is 0.341 e. The Morgan fingerprint density at radius 1 is 1.15 bits per heavy atom. The number of halogens is 3. The molecule has 0 aliphatic rings. The van der Waals surface area contributed by atoms with Gasteiger partial charge in [0.05, 0.1) is 17.3 Å². The lowest BCUT2D eigenvalue weighted by molar-refractivity contribution is -0.167. The van der Waals surface area contributed by atoms with Gasteiger partial charge in [-0.15, -0.1) is 0 Å². The summed E-state index contributed by atoms with van der Waals surface area (Å²) in [6.07, 6.45) is 0.244. The fourth-order valence-corrected chi connectivity index (χ4v) is 3.93. The van der Waals surface area contributed by atoms with E-state index in [2.05, 4.69) is 25.6 Å². The SMILES string of the molecule is O=C(NC(=O)[C@H](CCCSCC(=O)C(F)(F)F)NCc1cnc2ccccc2c1)c1ncc[nH]1. The van der Waals surface area contributed by atoms with Crippen LogP contribution in [-0.2, 0) is 16.1 Å². The molecule has 0 aliphatic heterocycles. The van der Waals surface area contributed by atoms with Gasteiger partial charge in [-0.25, -0.2) is 4.98 Å². The van der Waals surface area contributed by atoms with Gasteiger partial charge in [0, 0.05) is 30.5 Å². The molecule has 1 atom stereocenters. The summed E-state index contributed by atoms with van der Waals surface area (Å²) in [6.45, 7) is 0.282. The summed E-state index contributed by atoms with van der Waals surface area (Å²) in [5.74, 6) is -3.53. The second kappa shape index (κ2) is 11.7. The summed E-state index contributed by atoms with van der Waals surface area (Å²) < 4.78 is 37.0. The lowest BCUT2D eigenvalue weighted by Crippen LogP contribution is -2.46. The van der Waals surface area contributed by atoms with Crippen molar-refractivity contribution in [3.8, 4) is 0 Å². The molecule has 1 aromatic carbocycles. The highest BCUT2D eigenvalue weighted by Crippen LogP contribution is 2.19. The molecule has 0 saturated carbocycles. The van der Waals surface area contributed by atoms with E-state index in [9.17, 15) is 27.6 Å². The number of carbonyl (C=O) groups excluding carboxylic acids is 3. The number of amides is 2. The second-order valence-corrected chi connectivity index (χ2v) is 8.45. The number of hydrogen-bond donors (Lipinski definition) is 3. The van der Waals surface area contributed by atoms with Crippen LogP contribution < -0.4 is 10.6 Å². The maximum Gasteiger partial charge on any atom is 0.450 e. The average molecular weight is 494 g/mol. The maximum absolute atomic E-state index is 12.7. The topological polar surface area (TPSA) is 117 Å². The lowest BCUT2D eigenvalue weighted by atomic mass is 10.1. The van der Waals surface area contributed by atoms with E-state index in [1.807, 2.05) is 30.3 Å². The molecule has 2 heterocycles. The van der Waals surface area contributed by atoms with Crippen molar-refractivity contribution < 1.29 is 27.6 Å². The number of fused-ring (bicyclic) bond motifs is 1. The Morgan fingerprint density at radius 3 is 2.68 bits per heavy atom. The molecule has 34 heavy (non-hydrogen) atoms. The Morgan fingerprint density at radius 2 is 1.94 bits per heavy atom. The number of aromatic nitrogens is 3. The largest absolute Gasteiger partial charge is 0.450 e. The van der Waals surface area contributed by atoms with E-state index in [0.717, 1.165) is 28.2 Å². The highest BCUT2D eigenvalue weighted by Gasteiger charge is 2.37. The molecule has 0 spiro atoms. The third-order valence-corrected chi connectivity index (χ3v) is 5.84. The third-order valence-electron chi connectivity index (χ3n) is 4.80. The van der Waals surface area contributed by atoms with Crippen LogP contribution in [-0.4, -0.2) is 56.3 Å². The van der Waals surface area contributed by atoms with Crippen molar-refractivity contribution in [3.63, 3.8) is 0 Å². The zero-order valence-corrected chi connectivity index (χ0v) is 18.7. The van der Waals surface area contributed by atoms with E-state index < -0.39 is 35.6 Å². The van der Waals surface area contributed by atoms with Crippen molar-refractivity contribution in [1.82, 2.24) is 25.6 Å². The first-order valence-electron chi connectivity index (χ1n) is 10.3. The van der Waals surface area contributed by atoms with Crippen molar-refractivity contribution in [2.24, 2.45) is 0 Å². The summed E-state index contributed by atoms with van der Waals surface area (Å²) in [7, 11) is 0. The van der Waals surface area contributed by atoms with Crippen molar-refractivity contribution in [3.05, 3.63) is 60.3 Å². The van der Waals surface area contributed by atoms with Gasteiger partial charge in [-0.1, -0.05) is 18.2 Å². The standard InChI is InChI=1S/C22H22F3N5O3S/c23-22(24,25)18(31)13-34-9-3-6-17(20(32)30-21(33)19-26-7-8-27-19)29-12-14-10-15-4-1-2-5-16(15)28-11-14/h1-2,4-5,7-8,10-11,17,29H,3,6,9,12-13H2,(H,26,27)(H,30,32,33)/t17-/m0/s1. The lowest BCUT2D eigenvalue weighted by Gasteiger charge is -2.18. The number of nitrogens with one attached hydrogen (secondary N) is 3. The molecule has 3 aromatic rings. The number of imidazole rings is 1. The molecule has 0 fully saturated rings. The molecule has 0 bridgehead atoms. The third kappa shape index (κ3) is 7.39. The fraction of sp³-hybridized carbons (Fsp3) is 0.318. The van der Waals surface area contributed by atoms with Crippen LogP contribution in [0.1, 0.15) is 29.0 Å². The number of carbonyl (C=O) groups is 3. The molecule has 3 N–H and O–H groups in total. The Hall–Kier alpha value is -3.25. The van der Waals surface area contributed by atoms with Crippen LogP contribution in [0.25, 0.3) is 10.9 Å². The van der Waals surface area contributed by atoms with Crippen molar-refractivity contribution in [2.45, 2.75) is 31.6 Å². The second-order valence-electron chi connectivity index (χ2n) is 7.34. The highest BCUT2D eigenvalue weighted by molar-refractivity contribution is 7.99. The minimum Gasteiger partial charge on any atom is -0.341 e. The number of ketones is 1. The molecule has 3 rings (SSSR count). The van der Waals surface area contributed by atoms with Crippen LogP contribution in [0.4, 0.5) is 13.2 Å². The average Bonchev–Trinajstić information content (AvgIpc) is 3.35. The highest BCUT2D eigenvalue weighted by atomic mass is 32.2. The molecule has 0 saturated heterocycles. The minimum atomic E-state index is -4.85. The number of imide groups is 1. The number of aromatic amines is 1. The number of Topliss-reactive ketones (excluding diaryl/α,β-unsaturated/α-hetero) is 1. The van der Waals surface area contributed by atoms with Crippen molar-refractivity contribution in [1.29, 1.82) is 0 Å². The zero-order valence-electron chi connectivity index (χ0n) is 17.9.